The van der Waals surface area contributed by atoms with Crippen LogP contribution in [0.4, 0.5) is 0 Å². The maximum absolute atomic E-state index is 13.2. The van der Waals surface area contributed by atoms with Crippen molar-refractivity contribution < 1.29 is 38.4 Å². The highest BCUT2D eigenvalue weighted by Gasteiger charge is 2.68. The molecule has 5 N–H and O–H groups in total. The van der Waals surface area contributed by atoms with Crippen molar-refractivity contribution in [3.05, 3.63) is 71.0 Å². The zero-order valence-electron chi connectivity index (χ0n) is 25.6. The molecule has 2 aromatic rings. The van der Waals surface area contributed by atoms with Crippen LogP contribution in [0.1, 0.15) is 49.8 Å². The third-order valence-electron chi connectivity index (χ3n) is 9.13. The van der Waals surface area contributed by atoms with Crippen LogP contribution in [0.25, 0.3) is 0 Å². The Morgan fingerprint density at radius 2 is 1.95 bits per heavy atom. The molecule has 3 aliphatic rings. The van der Waals surface area contributed by atoms with E-state index in [2.05, 4.69) is 10.6 Å². The van der Waals surface area contributed by atoms with Crippen molar-refractivity contribution in [2.45, 2.75) is 81.8 Å². The number of methoxy groups -OCH3 is 1. The molecule has 2 aromatic carbocycles. The SMILES string of the molecule is COc1ccc(C)c2c1O[C@H]1C(OC(=O)[C@H](C)OC(=O)CCNC(=O)[C@@H](N)Cc3ccccc3)=CC[C@@]3(O)[C@@H](C)NCC[C@]213. The van der Waals surface area contributed by atoms with E-state index in [9.17, 15) is 19.5 Å². The molecule has 11 heteroatoms. The number of esters is 2. The second-order valence-electron chi connectivity index (χ2n) is 11.8. The molecule has 1 spiro atoms. The van der Waals surface area contributed by atoms with Crippen molar-refractivity contribution in [1.29, 1.82) is 0 Å². The molecule has 2 aliphatic heterocycles. The molecule has 0 saturated carbocycles. The molecule has 1 fully saturated rings. The highest BCUT2D eigenvalue weighted by Crippen LogP contribution is 2.61. The van der Waals surface area contributed by atoms with Crippen LogP contribution in [-0.4, -0.2) is 73.0 Å². The first-order chi connectivity index (χ1) is 21.0. The van der Waals surface area contributed by atoms with Gasteiger partial charge in [0.2, 0.25) is 5.91 Å². The van der Waals surface area contributed by atoms with E-state index in [4.69, 9.17) is 24.7 Å². The minimum atomic E-state index is -1.22. The number of aryl methyl sites for hydroxylation is 1. The molecule has 0 aromatic heterocycles. The average Bonchev–Trinajstić information content (AvgIpc) is 3.36. The Morgan fingerprint density at radius 1 is 1.20 bits per heavy atom. The first kappa shape index (κ1) is 31.5. The minimum Gasteiger partial charge on any atom is -0.493 e. The van der Waals surface area contributed by atoms with Gasteiger partial charge in [0.25, 0.3) is 0 Å². The summed E-state index contributed by atoms with van der Waals surface area (Å²) in [5.41, 5.74) is 6.60. The fraction of sp³-hybridized carbons (Fsp3) is 0.485. The molecule has 5 rings (SSSR count). The number of benzene rings is 2. The standard InChI is InChI=1S/C33H41N3O8/c1-19-10-11-24(41-4)28-27(19)32-15-17-35-21(3)33(32,40)14-12-25(29(32)44-28)43-31(39)20(2)42-26(37)13-16-36-30(38)23(34)18-22-8-6-5-7-9-22/h5-12,20-21,23,29,35,40H,13-18,34H2,1-4H3,(H,36,38)/t20-,21+,23-,29-,32-,33+/m0/s1. The largest absolute Gasteiger partial charge is 0.493 e. The number of fused-ring (bicyclic) bond motifs is 1. The number of nitrogens with one attached hydrogen (secondary N) is 2. The topological polar surface area (TPSA) is 158 Å². The molecule has 6 atom stereocenters. The Kier molecular flexibility index (Phi) is 9.01. The molecule has 1 saturated heterocycles. The number of hydrogen-bond acceptors (Lipinski definition) is 10. The van der Waals surface area contributed by atoms with E-state index in [1.54, 1.807) is 13.2 Å². The summed E-state index contributed by atoms with van der Waals surface area (Å²) in [6, 6.07) is 12.1. The van der Waals surface area contributed by atoms with Gasteiger partial charge in [-0.05, 0) is 63.4 Å². The van der Waals surface area contributed by atoms with Crippen LogP contribution >= 0.6 is 0 Å². The Balaban J connectivity index is 1.22. The fourth-order valence-corrected chi connectivity index (χ4v) is 6.80. The Bertz CT molecular complexity index is 1450. The zero-order valence-corrected chi connectivity index (χ0v) is 25.6. The van der Waals surface area contributed by atoms with E-state index in [0.717, 1.165) is 16.7 Å². The van der Waals surface area contributed by atoms with Gasteiger partial charge >= 0.3 is 11.9 Å². The molecule has 2 heterocycles. The van der Waals surface area contributed by atoms with Crippen molar-refractivity contribution in [2.75, 3.05) is 20.2 Å². The Labute approximate surface area is 257 Å². The van der Waals surface area contributed by atoms with Gasteiger partial charge < -0.3 is 40.4 Å². The van der Waals surface area contributed by atoms with Gasteiger partial charge in [0.1, 0.15) is 5.76 Å². The van der Waals surface area contributed by atoms with Crippen LogP contribution < -0.4 is 25.8 Å². The average molecular weight is 608 g/mol. The summed E-state index contributed by atoms with van der Waals surface area (Å²) in [6.07, 6.45) is 0.652. The molecular weight excluding hydrogens is 566 g/mol. The fourth-order valence-electron chi connectivity index (χ4n) is 6.80. The van der Waals surface area contributed by atoms with Gasteiger partial charge in [0.05, 0.1) is 30.6 Å². The van der Waals surface area contributed by atoms with Crippen molar-refractivity contribution >= 4 is 17.8 Å². The number of carbonyl (C=O) groups is 3. The number of aliphatic hydroxyl groups is 1. The number of nitrogens with two attached hydrogens (primary N) is 1. The first-order valence-electron chi connectivity index (χ1n) is 15.0. The van der Waals surface area contributed by atoms with E-state index in [0.29, 0.717) is 30.9 Å². The van der Waals surface area contributed by atoms with Crippen LogP contribution in [0.2, 0.25) is 0 Å². The lowest BCUT2D eigenvalue weighted by molar-refractivity contribution is -0.167. The second-order valence-corrected chi connectivity index (χ2v) is 11.8. The van der Waals surface area contributed by atoms with Gasteiger partial charge in [-0.1, -0.05) is 36.4 Å². The molecule has 11 nitrogen and oxygen atoms in total. The molecular formula is C33H41N3O8. The summed E-state index contributed by atoms with van der Waals surface area (Å²) in [6.45, 7) is 5.97. The summed E-state index contributed by atoms with van der Waals surface area (Å²) < 4.78 is 23.2. The number of carbonyl (C=O) groups excluding carboxylic acids is 3. The van der Waals surface area contributed by atoms with Gasteiger partial charge in [-0.3, -0.25) is 9.59 Å². The number of hydrogen-bond donors (Lipinski definition) is 4. The van der Waals surface area contributed by atoms with Gasteiger partial charge in [-0.15, -0.1) is 0 Å². The first-order valence-corrected chi connectivity index (χ1v) is 15.0. The number of piperidine rings is 1. The van der Waals surface area contributed by atoms with E-state index in [-0.39, 0.29) is 37.1 Å². The van der Waals surface area contributed by atoms with Crippen molar-refractivity contribution in [3.63, 3.8) is 0 Å². The Morgan fingerprint density at radius 3 is 2.68 bits per heavy atom. The molecule has 236 valence electrons. The third-order valence-corrected chi connectivity index (χ3v) is 9.13. The summed E-state index contributed by atoms with van der Waals surface area (Å²) in [5, 5.41) is 18.2. The molecule has 0 radical (unpaired) electrons. The summed E-state index contributed by atoms with van der Waals surface area (Å²) in [4.78, 5) is 38.0. The maximum atomic E-state index is 13.2. The molecule has 1 aliphatic carbocycles. The molecule has 0 unspecified atom stereocenters. The van der Waals surface area contributed by atoms with E-state index in [1.165, 1.54) is 6.92 Å². The molecule has 0 bridgehead atoms. The van der Waals surface area contributed by atoms with Crippen LogP contribution in [0.5, 0.6) is 11.5 Å². The van der Waals surface area contributed by atoms with E-state index < -0.39 is 41.2 Å². The van der Waals surface area contributed by atoms with Crippen LogP contribution in [0.3, 0.4) is 0 Å². The lowest BCUT2D eigenvalue weighted by Crippen LogP contribution is -2.71. The number of rotatable bonds is 10. The summed E-state index contributed by atoms with van der Waals surface area (Å²) >= 11 is 0. The number of ether oxygens (including phenoxy) is 4. The normalized spacial score (nSPS) is 26.5. The molecule has 44 heavy (non-hydrogen) atoms. The van der Waals surface area contributed by atoms with Crippen molar-refractivity contribution in [3.8, 4) is 11.5 Å². The quantitative estimate of drug-likeness (QED) is 0.294. The summed E-state index contributed by atoms with van der Waals surface area (Å²) in [7, 11) is 1.56. The minimum absolute atomic E-state index is 0.00968. The highest BCUT2D eigenvalue weighted by atomic mass is 16.6. The van der Waals surface area contributed by atoms with Gasteiger partial charge in [0, 0.05) is 24.6 Å². The van der Waals surface area contributed by atoms with Crippen LogP contribution in [-0.2, 0) is 35.7 Å². The number of amides is 1. The third kappa shape index (κ3) is 5.55. The maximum Gasteiger partial charge on any atom is 0.352 e. The molecule has 1 amide bonds. The predicted molar refractivity (Wildman–Crippen MR) is 161 cm³/mol. The highest BCUT2D eigenvalue weighted by molar-refractivity contribution is 5.83. The van der Waals surface area contributed by atoms with Crippen molar-refractivity contribution in [2.24, 2.45) is 5.73 Å². The van der Waals surface area contributed by atoms with Gasteiger partial charge in [-0.2, -0.15) is 0 Å². The zero-order chi connectivity index (χ0) is 31.6. The second kappa shape index (κ2) is 12.6. The van der Waals surface area contributed by atoms with Crippen LogP contribution in [0, 0.1) is 6.92 Å². The van der Waals surface area contributed by atoms with Crippen molar-refractivity contribution in [1.82, 2.24) is 10.6 Å². The smallest absolute Gasteiger partial charge is 0.352 e. The van der Waals surface area contributed by atoms with Gasteiger partial charge in [-0.25, -0.2) is 4.79 Å². The predicted octanol–water partition coefficient (Wildman–Crippen LogP) is 1.95. The van der Waals surface area contributed by atoms with E-state index >= 15 is 0 Å². The summed E-state index contributed by atoms with van der Waals surface area (Å²) in [5.74, 6) is -0.517. The Hall–Kier alpha value is -3.93. The lowest BCUT2D eigenvalue weighted by Gasteiger charge is -2.56. The van der Waals surface area contributed by atoms with Crippen LogP contribution in [0.15, 0.2) is 54.3 Å². The van der Waals surface area contributed by atoms with Gasteiger partial charge in [0.15, 0.2) is 23.7 Å². The lowest BCUT2D eigenvalue weighted by atomic mass is 9.54. The monoisotopic (exact) mass is 607 g/mol. The van der Waals surface area contributed by atoms with E-state index in [1.807, 2.05) is 56.3 Å².